The molecule has 1 amide bonds. The first-order valence-electron chi connectivity index (χ1n) is 13.5. The van der Waals surface area contributed by atoms with E-state index in [9.17, 15) is 4.79 Å². The number of fused-ring (bicyclic) bond motifs is 1. The lowest BCUT2D eigenvalue weighted by Crippen LogP contribution is -2.41. The molecule has 0 unspecified atom stereocenters. The van der Waals surface area contributed by atoms with E-state index in [1.165, 1.54) is 0 Å². The van der Waals surface area contributed by atoms with Crippen molar-refractivity contribution in [3.63, 3.8) is 0 Å². The van der Waals surface area contributed by atoms with Gasteiger partial charge in [0.05, 0.1) is 11.6 Å². The number of nitrogens with two attached hydrogens (primary N) is 1. The number of piperidine rings is 1. The first-order chi connectivity index (χ1) is 18.2. The summed E-state index contributed by atoms with van der Waals surface area (Å²) in [5.74, 6) is 1.70. The standard InChI is InChI=1S/C28H37N7O3/c1-28(2,3)38-27(36)35-12-8-18(9-13-35)19-16-32-26(33-17-19)34-21-4-6-22(7-5-21)37-24-15-20(29)14-23-25(24)31-11-10-30-23/h10-11,14-18,21-22H,4-9,12-13,29H2,1-3H3,(H,32,33,34). The van der Waals surface area contributed by atoms with Gasteiger partial charge in [0.2, 0.25) is 5.95 Å². The third-order valence-corrected chi connectivity index (χ3v) is 7.15. The molecular formula is C28H37N7O3. The van der Waals surface area contributed by atoms with Gasteiger partial charge in [0.15, 0.2) is 0 Å². The summed E-state index contributed by atoms with van der Waals surface area (Å²) in [7, 11) is 0. The number of aromatic nitrogens is 4. The number of hydrogen-bond acceptors (Lipinski definition) is 9. The Kier molecular flexibility index (Phi) is 7.49. The van der Waals surface area contributed by atoms with Crippen molar-refractivity contribution in [2.45, 2.75) is 83.0 Å². The van der Waals surface area contributed by atoms with Crippen molar-refractivity contribution in [2.75, 3.05) is 24.1 Å². The minimum absolute atomic E-state index is 0.106. The number of carbonyl (C=O) groups is 1. The Labute approximate surface area is 223 Å². The van der Waals surface area contributed by atoms with Crippen molar-refractivity contribution in [3.8, 4) is 5.75 Å². The fourth-order valence-electron chi connectivity index (χ4n) is 5.19. The van der Waals surface area contributed by atoms with Crippen LogP contribution in [-0.4, -0.2) is 61.8 Å². The van der Waals surface area contributed by atoms with Crippen molar-refractivity contribution in [2.24, 2.45) is 0 Å². The molecule has 3 aromatic rings. The van der Waals surface area contributed by atoms with E-state index in [0.717, 1.165) is 55.1 Å². The minimum Gasteiger partial charge on any atom is -0.488 e. The van der Waals surface area contributed by atoms with E-state index in [-0.39, 0.29) is 12.2 Å². The Balaban J connectivity index is 1.09. The molecule has 1 aromatic carbocycles. The van der Waals surface area contributed by atoms with E-state index in [4.69, 9.17) is 15.2 Å². The summed E-state index contributed by atoms with van der Waals surface area (Å²) < 4.78 is 11.8. The van der Waals surface area contributed by atoms with E-state index >= 15 is 0 Å². The highest BCUT2D eigenvalue weighted by Crippen LogP contribution is 2.31. The molecule has 0 bridgehead atoms. The maximum Gasteiger partial charge on any atom is 0.410 e. The van der Waals surface area contributed by atoms with Gasteiger partial charge in [-0.2, -0.15) is 0 Å². The van der Waals surface area contributed by atoms with Crippen molar-refractivity contribution >= 4 is 28.8 Å². The number of hydrogen-bond donors (Lipinski definition) is 2. The average molecular weight is 520 g/mol. The molecule has 0 radical (unpaired) electrons. The number of carbonyl (C=O) groups excluding carboxylic acids is 1. The minimum atomic E-state index is -0.475. The number of nitrogens with zero attached hydrogens (tertiary/aromatic N) is 5. The highest BCUT2D eigenvalue weighted by Gasteiger charge is 2.28. The second-order valence-electron chi connectivity index (χ2n) is 11.3. The zero-order valence-corrected chi connectivity index (χ0v) is 22.4. The van der Waals surface area contributed by atoms with Crippen molar-refractivity contribution < 1.29 is 14.3 Å². The molecule has 10 heteroatoms. The summed E-state index contributed by atoms with van der Waals surface area (Å²) in [6.45, 7) is 7.04. The second kappa shape index (κ2) is 11.0. The van der Waals surface area contributed by atoms with Crippen LogP contribution in [0.4, 0.5) is 16.4 Å². The van der Waals surface area contributed by atoms with Gasteiger partial charge in [0, 0.05) is 55.7 Å². The Hall–Kier alpha value is -3.69. The summed E-state index contributed by atoms with van der Waals surface area (Å²) in [6.07, 6.45) is 12.6. The lowest BCUT2D eigenvalue weighted by molar-refractivity contribution is 0.0204. The Bertz CT molecular complexity index is 1250. The zero-order chi connectivity index (χ0) is 26.7. The van der Waals surface area contributed by atoms with Crippen LogP contribution in [0.5, 0.6) is 5.75 Å². The maximum atomic E-state index is 12.3. The second-order valence-corrected chi connectivity index (χ2v) is 11.3. The van der Waals surface area contributed by atoms with Crippen LogP contribution in [0.2, 0.25) is 0 Å². The molecule has 3 N–H and O–H groups in total. The van der Waals surface area contributed by atoms with E-state index in [2.05, 4.69) is 25.3 Å². The molecule has 1 saturated carbocycles. The molecule has 3 heterocycles. The molecule has 0 spiro atoms. The Morgan fingerprint density at radius 1 is 0.974 bits per heavy atom. The first-order valence-corrected chi connectivity index (χ1v) is 13.5. The van der Waals surface area contributed by atoms with Gasteiger partial charge in [-0.1, -0.05) is 0 Å². The predicted octanol–water partition coefficient (Wildman–Crippen LogP) is 4.92. The molecule has 2 fully saturated rings. The number of nitrogen functional groups attached to an aromatic ring is 1. The fourth-order valence-corrected chi connectivity index (χ4v) is 5.19. The van der Waals surface area contributed by atoms with E-state index in [1.807, 2.05) is 45.3 Å². The SMILES string of the molecule is CC(C)(C)OC(=O)N1CCC(c2cnc(NC3CCC(Oc4cc(N)cc5nccnc45)CC3)nc2)CC1. The van der Waals surface area contributed by atoms with Crippen LogP contribution in [0, 0.1) is 0 Å². The summed E-state index contributed by atoms with van der Waals surface area (Å²) in [4.78, 5) is 32.1. The molecule has 1 aliphatic carbocycles. The third kappa shape index (κ3) is 6.41. The van der Waals surface area contributed by atoms with Crippen LogP contribution in [0.15, 0.2) is 36.9 Å². The smallest absolute Gasteiger partial charge is 0.410 e. The molecule has 1 aliphatic heterocycles. The zero-order valence-electron chi connectivity index (χ0n) is 22.4. The number of benzene rings is 1. The number of nitrogens with one attached hydrogen (secondary N) is 1. The topological polar surface area (TPSA) is 128 Å². The van der Waals surface area contributed by atoms with Gasteiger partial charge in [0.1, 0.15) is 16.9 Å². The summed E-state index contributed by atoms with van der Waals surface area (Å²) in [6, 6.07) is 3.95. The number of amides is 1. The van der Waals surface area contributed by atoms with Gasteiger partial charge in [0.25, 0.3) is 0 Å². The molecule has 38 heavy (non-hydrogen) atoms. The van der Waals surface area contributed by atoms with Gasteiger partial charge in [-0.15, -0.1) is 0 Å². The highest BCUT2D eigenvalue weighted by atomic mass is 16.6. The summed E-state index contributed by atoms with van der Waals surface area (Å²) >= 11 is 0. The normalized spacial score (nSPS) is 20.8. The van der Waals surface area contributed by atoms with Gasteiger partial charge >= 0.3 is 6.09 Å². The third-order valence-electron chi connectivity index (χ3n) is 7.15. The fraction of sp³-hybridized carbons (Fsp3) is 0.536. The lowest BCUT2D eigenvalue weighted by atomic mass is 9.91. The Morgan fingerprint density at radius 2 is 1.66 bits per heavy atom. The monoisotopic (exact) mass is 519 g/mol. The van der Waals surface area contributed by atoms with Gasteiger partial charge < -0.3 is 25.4 Å². The lowest BCUT2D eigenvalue weighted by Gasteiger charge is -2.33. The van der Waals surface area contributed by atoms with Gasteiger partial charge in [-0.25, -0.2) is 19.7 Å². The molecular weight excluding hydrogens is 482 g/mol. The molecule has 10 nitrogen and oxygen atoms in total. The molecule has 202 valence electrons. The van der Waals surface area contributed by atoms with Crippen molar-refractivity contribution in [3.05, 3.63) is 42.5 Å². The van der Waals surface area contributed by atoms with Gasteiger partial charge in [-0.05, 0) is 76.8 Å². The number of ether oxygens (including phenoxy) is 2. The van der Waals surface area contributed by atoms with Crippen molar-refractivity contribution in [1.82, 2.24) is 24.8 Å². The van der Waals surface area contributed by atoms with Crippen LogP contribution < -0.4 is 15.8 Å². The van der Waals surface area contributed by atoms with Crippen molar-refractivity contribution in [1.29, 1.82) is 0 Å². The molecule has 1 saturated heterocycles. The van der Waals surface area contributed by atoms with Crippen LogP contribution in [0.1, 0.15) is 70.8 Å². The predicted molar refractivity (Wildman–Crippen MR) is 146 cm³/mol. The Morgan fingerprint density at radius 3 is 2.34 bits per heavy atom. The van der Waals surface area contributed by atoms with Gasteiger partial charge in [-0.3, -0.25) is 4.98 Å². The first kappa shape index (κ1) is 25.9. The summed E-state index contributed by atoms with van der Waals surface area (Å²) in [5, 5.41) is 3.49. The number of rotatable bonds is 5. The molecule has 5 rings (SSSR count). The van der Waals surface area contributed by atoms with E-state index in [1.54, 1.807) is 17.3 Å². The van der Waals surface area contributed by atoms with Crippen LogP contribution in [0.25, 0.3) is 11.0 Å². The quantitative estimate of drug-likeness (QED) is 0.451. The average Bonchev–Trinajstić information content (AvgIpc) is 2.89. The molecule has 0 atom stereocenters. The van der Waals surface area contributed by atoms with Crippen LogP contribution in [0.3, 0.4) is 0 Å². The summed E-state index contributed by atoms with van der Waals surface area (Å²) in [5.41, 5.74) is 8.79. The largest absolute Gasteiger partial charge is 0.488 e. The molecule has 2 aromatic heterocycles. The maximum absolute atomic E-state index is 12.3. The number of likely N-dealkylation sites (tertiary alicyclic amines) is 1. The highest BCUT2D eigenvalue weighted by molar-refractivity contribution is 5.84. The van der Waals surface area contributed by atoms with Crippen LogP contribution in [-0.2, 0) is 4.74 Å². The molecule has 2 aliphatic rings. The van der Waals surface area contributed by atoms with Crippen LogP contribution >= 0.6 is 0 Å². The van der Waals surface area contributed by atoms with E-state index in [0.29, 0.717) is 42.4 Å². The van der Waals surface area contributed by atoms with E-state index < -0.39 is 5.60 Å². The number of anilines is 2.